The highest BCUT2D eigenvalue weighted by Crippen LogP contribution is 2.22. The highest BCUT2D eigenvalue weighted by Gasteiger charge is 2.27. The summed E-state index contributed by atoms with van der Waals surface area (Å²) >= 11 is 9.29. The average molecular weight is 605 g/mol. The minimum atomic E-state index is -3.97. The molecule has 10 heteroatoms. The van der Waals surface area contributed by atoms with E-state index >= 15 is 0 Å². The minimum Gasteiger partial charge on any atom is -0.342 e. The van der Waals surface area contributed by atoms with Gasteiger partial charge in [-0.1, -0.05) is 51.8 Å². The van der Waals surface area contributed by atoms with Crippen molar-refractivity contribution in [3.05, 3.63) is 93.4 Å². The van der Waals surface area contributed by atoms with Crippen molar-refractivity contribution in [1.29, 1.82) is 0 Å². The number of benzene rings is 3. The van der Waals surface area contributed by atoms with Crippen molar-refractivity contribution in [2.75, 3.05) is 25.0 Å². The monoisotopic (exact) mass is 603 g/mol. The molecule has 37 heavy (non-hydrogen) atoms. The van der Waals surface area contributed by atoms with Crippen LogP contribution in [0.5, 0.6) is 0 Å². The van der Waals surface area contributed by atoms with Gasteiger partial charge >= 0.3 is 0 Å². The van der Waals surface area contributed by atoms with Crippen molar-refractivity contribution in [3.63, 3.8) is 0 Å². The second-order valence-corrected chi connectivity index (χ2v) is 12.2. The van der Waals surface area contributed by atoms with Gasteiger partial charge in [-0.15, -0.1) is 0 Å². The van der Waals surface area contributed by atoms with E-state index in [1.807, 2.05) is 4.90 Å². The molecule has 0 atom stereocenters. The maximum Gasteiger partial charge on any atom is 0.243 e. The summed E-state index contributed by atoms with van der Waals surface area (Å²) < 4.78 is 28.7. The van der Waals surface area contributed by atoms with E-state index in [-0.39, 0.29) is 23.9 Å². The van der Waals surface area contributed by atoms with E-state index in [0.29, 0.717) is 22.7 Å². The lowest BCUT2D eigenvalue weighted by atomic mass is 10.1. The first-order valence-corrected chi connectivity index (χ1v) is 14.5. The maximum atomic E-state index is 13.4. The Morgan fingerprint density at radius 3 is 2.11 bits per heavy atom. The van der Waals surface area contributed by atoms with Crippen LogP contribution in [0.25, 0.3) is 0 Å². The number of nitrogens with zero attached hydrogens (tertiary/aromatic N) is 2. The Morgan fingerprint density at radius 1 is 0.892 bits per heavy atom. The molecule has 0 unspecified atom stereocenters. The van der Waals surface area contributed by atoms with Gasteiger partial charge in [0, 0.05) is 34.8 Å². The van der Waals surface area contributed by atoms with E-state index in [0.717, 1.165) is 40.3 Å². The molecule has 4 rings (SSSR count). The smallest absolute Gasteiger partial charge is 0.243 e. The molecule has 1 saturated heterocycles. The fourth-order valence-corrected chi connectivity index (χ4v) is 5.87. The fraction of sp³-hybridized carbons (Fsp3) is 0.259. The van der Waals surface area contributed by atoms with Crippen molar-refractivity contribution in [2.45, 2.75) is 30.7 Å². The standard InChI is InChI=1S/C27H27BrClN3O4S/c28-22-7-13-25(14-8-22)37(35,36)32(18-21-3-9-23(29)10-4-21)19-26(33)30-24-11-5-20(6-12-24)17-27(34)31-15-1-2-16-31/h3-14H,1-2,15-19H2,(H,30,33). The summed E-state index contributed by atoms with van der Waals surface area (Å²) in [4.78, 5) is 27.3. The number of anilines is 1. The van der Waals surface area contributed by atoms with E-state index in [2.05, 4.69) is 21.2 Å². The zero-order valence-electron chi connectivity index (χ0n) is 20.1. The normalized spacial score (nSPS) is 13.6. The summed E-state index contributed by atoms with van der Waals surface area (Å²) in [5.41, 5.74) is 2.08. The number of sulfonamides is 1. The van der Waals surface area contributed by atoms with Gasteiger partial charge in [0.1, 0.15) is 0 Å². The Labute approximate surface area is 230 Å². The predicted molar refractivity (Wildman–Crippen MR) is 148 cm³/mol. The lowest BCUT2D eigenvalue weighted by molar-refractivity contribution is -0.129. The van der Waals surface area contributed by atoms with Crippen molar-refractivity contribution in [1.82, 2.24) is 9.21 Å². The molecule has 0 radical (unpaired) electrons. The number of amides is 2. The third-order valence-corrected chi connectivity index (χ3v) is 8.68. The van der Waals surface area contributed by atoms with Gasteiger partial charge in [-0.05, 0) is 72.5 Å². The van der Waals surface area contributed by atoms with E-state index < -0.39 is 15.9 Å². The third kappa shape index (κ3) is 7.41. The van der Waals surface area contributed by atoms with E-state index in [9.17, 15) is 18.0 Å². The van der Waals surface area contributed by atoms with Crippen LogP contribution in [0.4, 0.5) is 5.69 Å². The van der Waals surface area contributed by atoms with Gasteiger partial charge in [0.25, 0.3) is 0 Å². The number of halogens is 2. The molecule has 0 bridgehead atoms. The van der Waals surface area contributed by atoms with Gasteiger partial charge in [-0.2, -0.15) is 4.31 Å². The van der Waals surface area contributed by atoms with E-state index in [1.54, 1.807) is 60.7 Å². The molecule has 1 N–H and O–H groups in total. The first-order valence-electron chi connectivity index (χ1n) is 11.9. The van der Waals surface area contributed by atoms with Crippen molar-refractivity contribution in [2.24, 2.45) is 0 Å². The van der Waals surface area contributed by atoms with Crippen LogP contribution in [0.2, 0.25) is 5.02 Å². The maximum absolute atomic E-state index is 13.4. The van der Waals surface area contributed by atoms with Gasteiger partial charge in [-0.25, -0.2) is 8.42 Å². The molecule has 1 aliphatic heterocycles. The van der Waals surface area contributed by atoms with Gasteiger partial charge in [0.2, 0.25) is 21.8 Å². The number of hydrogen-bond donors (Lipinski definition) is 1. The number of hydrogen-bond acceptors (Lipinski definition) is 4. The average Bonchev–Trinajstić information content (AvgIpc) is 3.42. The van der Waals surface area contributed by atoms with Gasteiger partial charge < -0.3 is 10.2 Å². The van der Waals surface area contributed by atoms with Crippen molar-refractivity contribution < 1.29 is 18.0 Å². The summed E-state index contributed by atoms with van der Waals surface area (Å²) in [5.74, 6) is -0.374. The minimum absolute atomic E-state index is 0.000531. The van der Waals surface area contributed by atoms with Crippen molar-refractivity contribution in [3.8, 4) is 0 Å². The largest absolute Gasteiger partial charge is 0.342 e. The second kappa shape index (κ2) is 12.2. The fourth-order valence-electron chi connectivity index (χ4n) is 4.09. The molecule has 3 aromatic carbocycles. The molecule has 1 fully saturated rings. The Morgan fingerprint density at radius 2 is 1.49 bits per heavy atom. The quantitative estimate of drug-likeness (QED) is 0.368. The van der Waals surface area contributed by atoms with Gasteiger partial charge in [-0.3, -0.25) is 9.59 Å². The van der Waals surface area contributed by atoms with Crippen molar-refractivity contribution >= 4 is 55.1 Å². The second-order valence-electron chi connectivity index (χ2n) is 8.86. The molecule has 7 nitrogen and oxygen atoms in total. The Balaban J connectivity index is 1.45. The van der Waals surface area contributed by atoms with Crippen LogP contribution >= 0.6 is 27.5 Å². The number of nitrogens with one attached hydrogen (secondary N) is 1. The van der Waals surface area contributed by atoms with Crippen LogP contribution < -0.4 is 5.32 Å². The molecule has 2 amide bonds. The molecule has 1 heterocycles. The van der Waals surface area contributed by atoms with Crippen LogP contribution in [-0.4, -0.2) is 49.1 Å². The molecule has 0 saturated carbocycles. The van der Waals surface area contributed by atoms with Gasteiger partial charge in [0.15, 0.2) is 0 Å². The first kappa shape index (κ1) is 27.3. The summed E-state index contributed by atoms with van der Waals surface area (Å²) in [6.45, 7) is 1.24. The Kier molecular flexibility index (Phi) is 9.02. The van der Waals surface area contributed by atoms with Crippen LogP contribution in [0, 0.1) is 0 Å². The molecule has 194 valence electrons. The number of carbonyl (C=O) groups excluding carboxylic acids is 2. The summed E-state index contributed by atoms with van der Waals surface area (Å²) in [5, 5.41) is 3.30. The van der Waals surface area contributed by atoms with Gasteiger partial charge in [0.05, 0.1) is 17.9 Å². The third-order valence-electron chi connectivity index (χ3n) is 6.10. The lowest BCUT2D eigenvalue weighted by Gasteiger charge is -2.22. The zero-order valence-corrected chi connectivity index (χ0v) is 23.2. The van der Waals surface area contributed by atoms with Crippen LogP contribution in [0.3, 0.4) is 0 Å². The highest BCUT2D eigenvalue weighted by molar-refractivity contribution is 9.10. The lowest BCUT2D eigenvalue weighted by Crippen LogP contribution is -2.37. The SMILES string of the molecule is O=C(CN(Cc1ccc(Cl)cc1)S(=O)(=O)c1ccc(Br)cc1)Nc1ccc(CC(=O)N2CCCC2)cc1. The molecule has 0 spiro atoms. The molecule has 3 aromatic rings. The Bertz CT molecular complexity index is 1340. The highest BCUT2D eigenvalue weighted by atomic mass is 79.9. The summed E-state index contributed by atoms with van der Waals surface area (Å²) in [7, 11) is -3.97. The van der Waals surface area contributed by atoms with Crippen LogP contribution in [0.1, 0.15) is 24.0 Å². The van der Waals surface area contributed by atoms with E-state index in [1.165, 1.54) is 12.1 Å². The van der Waals surface area contributed by atoms with Crippen LogP contribution in [0.15, 0.2) is 82.2 Å². The topological polar surface area (TPSA) is 86.8 Å². The Hall–Kier alpha value is -2.72. The van der Waals surface area contributed by atoms with E-state index in [4.69, 9.17) is 11.6 Å². The summed E-state index contributed by atoms with van der Waals surface area (Å²) in [6.07, 6.45) is 2.40. The molecule has 0 aromatic heterocycles. The number of likely N-dealkylation sites (tertiary alicyclic amines) is 1. The summed E-state index contributed by atoms with van der Waals surface area (Å²) in [6, 6.07) is 20.1. The molecular weight excluding hydrogens is 578 g/mol. The number of rotatable bonds is 9. The molecular formula is C27H27BrClN3O4S. The van der Waals surface area contributed by atoms with Crippen LogP contribution in [-0.2, 0) is 32.6 Å². The molecule has 1 aliphatic rings. The number of carbonyl (C=O) groups is 2. The predicted octanol–water partition coefficient (Wildman–Crippen LogP) is 5.10. The first-order chi connectivity index (χ1) is 17.7. The molecule has 0 aliphatic carbocycles. The zero-order chi connectivity index (χ0) is 26.4.